The standard InChI is InChI=1S/C19H22N2O3S/c1-5-19(17-10-9-15(23-3)12-18(17)21-2)24-13-14-7-6-8-16(11-14)25(4,20)22/h5-12,20H,2,13H2,1,3-4H3/b19-5+. The summed E-state index contributed by atoms with van der Waals surface area (Å²) in [4.78, 5) is 4.53. The van der Waals surface area contributed by atoms with Gasteiger partial charge >= 0.3 is 0 Å². The van der Waals surface area contributed by atoms with Crippen LogP contribution in [0.15, 0.2) is 58.4 Å². The zero-order chi connectivity index (χ0) is 18.4. The van der Waals surface area contributed by atoms with Crippen molar-refractivity contribution in [2.45, 2.75) is 18.4 Å². The van der Waals surface area contributed by atoms with Crippen LogP contribution in [0, 0.1) is 4.78 Å². The smallest absolute Gasteiger partial charge is 0.124 e. The Morgan fingerprint density at radius 3 is 2.68 bits per heavy atom. The predicted molar refractivity (Wildman–Crippen MR) is 102 cm³/mol. The fraction of sp³-hybridized carbons (Fsp3) is 0.211. The van der Waals surface area contributed by atoms with E-state index in [1.165, 1.54) is 6.26 Å². The average molecular weight is 358 g/mol. The van der Waals surface area contributed by atoms with Crippen LogP contribution in [-0.4, -0.2) is 24.3 Å². The van der Waals surface area contributed by atoms with Crippen LogP contribution in [0.2, 0.25) is 0 Å². The van der Waals surface area contributed by atoms with Gasteiger partial charge in [0, 0.05) is 22.8 Å². The van der Waals surface area contributed by atoms with Crippen molar-refractivity contribution in [3.8, 4) is 5.75 Å². The van der Waals surface area contributed by atoms with Gasteiger partial charge in [0.15, 0.2) is 0 Å². The summed E-state index contributed by atoms with van der Waals surface area (Å²) in [7, 11) is -1.15. The molecule has 0 radical (unpaired) electrons. The number of ether oxygens (including phenoxy) is 2. The molecule has 1 N–H and O–H groups in total. The second-order valence-electron chi connectivity index (χ2n) is 5.47. The minimum absolute atomic E-state index is 0.297. The van der Waals surface area contributed by atoms with Crippen LogP contribution in [0.1, 0.15) is 18.1 Å². The van der Waals surface area contributed by atoms with Crippen molar-refractivity contribution in [2.75, 3.05) is 13.4 Å². The maximum absolute atomic E-state index is 11.9. The van der Waals surface area contributed by atoms with Crippen LogP contribution in [0.4, 0.5) is 5.69 Å². The Labute approximate surface area is 149 Å². The maximum Gasteiger partial charge on any atom is 0.124 e. The molecule has 0 aliphatic rings. The molecule has 1 unspecified atom stereocenters. The highest BCUT2D eigenvalue weighted by atomic mass is 32.2. The second kappa shape index (κ2) is 7.98. The molecule has 0 amide bonds. The highest BCUT2D eigenvalue weighted by molar-refractivity contribution is 7.91. The first-order chi connectivity index (χ1) is 11.9. The Morgan fingerprint density at radius 2 is 2.08 bits per heavy atom. The first kappa shape index (κ1) is 18.7. The number of hydrogen-bond donors (Lipinski definition) is 1. The summed E-state index contributed by atoms with van der Waals surface area (Å²) in [5, 5.41) is 0. The molecule has 2 aromatic carbocycles. The summed E-state index contributed by atoms with van der Waals surface area (Å²) in [6, 6.07) is 12.6. The summed E-state index contributed by atoms with van der Waals surface area (Å²) in [5.74, 6) is 1.36. The van der Waals surface area contributed by atoms with Crippen molar-refractivity contribution in [3.63, 3.8) is 0 Å². The second-order valence-corrected chi connectivity index (χ2v) is 7.63. The van der Waals surface area contributed by atoms with Gasteiger partial charge in [-0.15, -0.1) is 0 Å². The number of benzene rings is 2. The number of nitrogens with zero attached hydrogens (tertiary/aromatic N) is 1. The Balaban J connectivity index is 2.23. The van der Waals surface area contributed by atoms with E-state index in [2.05, 4.69) is 11.7 Å². The van der Waals surface area contributed by atoms with Gasteiger partial charge in [-0.25, -0.2) is 8.99 Å². The van der Waals surface area contributed by atoms with Crippen LogP contribution in [0.25, 0.3) is 5.76 Å². The van der Waals surface area contributed by atoms with Crippen molar-refractivity contribution in [3.05, 3.63) is 59.7 Å². The number of allylic oxidation sites excluding steroid dienone is 1. The average Bonchev–Trinajstić information content (AvgIpc) is 2.61. The Bertz CT molecular complexity index is 903. The molecule has 2 rings (SSSR count). The molecule has 25 heavy (non-hydrogen) atoms. The van der Waals surface area contributed by atoms with Gasteiger partial charge in [0.1, 0.15) is 18.1 Å². The molecule has 0 aliphatic heterocycles. The summed E-state index contributed by atoms with van der Waals surface area (Å²) in [5.41, 5.74) is 2.33. The molecule has 0 bridgehead atoms. The predicted octanol–water partition coefficient (Wildman–Crippen LogP) is 4.64. The number of nitrogens with one attached hydrogen (secondary N) is 1. The van der Waals surface area contributed by atoms with Crippen molar-refractivity contribution < 1.29 is 13.7 Å². The fourth-order valence-electron chi connectivity index (χ4n) is 2.33. The van der Waals surface area contributed by atoms with Crippen LogP contribution < -0.4 is 4.74 Å². The van der Waals surface area contributed by atoms with Crippen molar-refractivity contribution in [1.29, 1.82) is 4.78 Å². The Kier molecular flexibility index (Phi) is 5.98. The zero-order valence-corrected chi connectivity index (χ0v) is 15.4. The Morgan fingerprint density at radius 1 is 1.32 bits per heavy atom. The molecule has 0 fully saturated rings. The van der Waals surface area contributed by atoms with E-state index in [4.69, 9.17) is 14.3 Å². The van der Waals surface area contributed by atoms with Gasteiger partial charge < -0.3 is 9.47 Å². The molecule has 0 spiro atoms. The molecular formula is C19H22N2O3S. The molecule has 6 heteroatoms. The molecular weight excluding hydrogens is 336 g/mol. The van der Waals surface area contributed by atoms with Crippen molar-refractivity contribution in [2.24, 2.45) is 4.99 Å². The van der Waals surface area contributed by atoms with Crippen LogP contribution in [-0.2, 0) is 21.1 Å². The van der Waals surface area contributed by atoms with E-state index in [1.807, 2.05) is 31.2 Å². The fourth-order valence-corrected chi connectivity index (χ4v) is 3.05. The largest absolute Gasteiger partial charge is 0.497 e. The van der Waals surface area contributed by atoms with Gasteiger partial charge in [-0.2, -0.15) is 0 Å². The van der Waals surface area contributed by atoms with Crippen molar-refractivity contribution in [1.82, 2.24) is 0 Å². The maximum atomic E-state index is 11.9. The molecule has 132 valence electrons. The third kappa shape index (κ3) is 4.70. The van der Waals surface area contributed by atoms with E-state index in [1.54, 1.807) is 31.4 Å². The normalized spacial score (nSPS) is 13.8. The van der Waals surface area contributed by atoms with Gasteiger partial charge in [0.05, 0.1) is 22.5 Å². The van der Waals surface area contributed by atoms with E-state index < -0.39 is 9.73 Å². The molecule has 0 aromatic heterocycles. The van der Waals surface area contributed by atoms with Gasteiger partial charge in [-0.05, 0) is 49.5 Å². The Hall–Kier alpha value is -2.60. The summed E-state index contributed by atoms with van der Waals surface area (Å²) >= 11 is 0. The van der Waals surface area contributed by atoms with Gasteiger partial charge in [-0.1, -0.05) is 12.1 Å². The van der Waals surface area contributed by atoms with Gasteiger partial charge in [0.25, 0.3) is 0 Å². The van der Waals surface area contributed by atoms with E-state index >= 15 is 0 Å². The third-order valence-electron chi connectivity index (χ3n) is 3.65. The number of hydrogen-bond acceptors (Lipinski definition) is 5. The van der Waals surface area contributed by atoms with Crippen LogP contribution >= 0.6 is 0 Å². The molecule has 2 aromatic rings. The van der Waals surface area contributed by atoms with Crippen LogP contribution in [0.5, 0.6) is 5.75 Å². The van der Waals surface area contributed by atoms with Crippen LogP contribution in [0.3, 0.4) is 0 Å². The van der Waals surface area contributed by atoms with E-state index in [9.17, 15) is 4.21 Å². The van der Waals surface area contributed by atoms with Gasteiger partial charge in [-0.3, -0.25) is 4.99 Å². The molecule has 0 aliphatic carbocycles. The molecule has 5 nitrogen and oxygen atoms in total. The molecule has 0 heterocycles. The minimum atomic E-state index is -2.75. The lowest BCUT2D eigenvalue weighted by molar-refractivity contribution is 0.264. The first-order valence-electron chi connectivity index (χ1n) is 7.66. The summed E-state index contributed by atoms with van der Waals surface area (Å²) in [6.45, 7) is 5.78. The van der Waals surface area contributed by atoms with Crippen molar-refractivity contribution >= 4 is 27.9 Å². The SMILES string of the molecule is C=Nc1cc(OC)ccc1/C(=C\C)OCc1cccc(S(C)(=N)=O)c1. The first-order valence-corrected chi connectivity index (χ1v) is 9.62. The minimum Gasteiger partial charge on any atom is -0.497 e. The molecule has 0 saturated carbocycles. The topological polar surface area (TPSA) is 71.7 Å². The summed E-state index contributed by atoms with van der Waals surface area (Å²) in [6.07, 6.45) is 3.26. The highest BCUT2D eigenvalue weighted by Gasteiger charge is 2.10. The quantitative estimate of drug-likeness (QED) is 0.579. The van der Waals surface area contributed by atoms with Gasteiger partial charge in [0.2, 0.25) is 0 Å². The highest BCUT2D eigenvalue weighted by Crippen LogP contribution is 2.31. The number of aliphatic imine (C=N–C) groups is 1. The molecule has 1 atom stereocenters. The third-order valence-corrected chi connectivity index (χ3v) is 4.80. The van der Waals surface area contributed by atoms with E-state index in [0.717, 1.165) is 11.1 Å². The number of rotatable bonds is 7. The zero-order valence-electron chi connectivity index (χ0n) is 14.6. The lowest BCUT2D eigenvalue weighted by Gasteiger charge is -2.14. The lowest BCUT2D eigenvalue weighted by atomic mass is 10.1. The number of methoxy groups -OCH3 is 1. The monoisotopic (exact) mass is 358 g/mol. The molecule has 0 saturated heterocycles. The summed E-state index contributed by atoms with van der Waals surface area (Å²) < 4.78 is 30.7. The van der Waals surface area contributed by atoms with E-state index in [0.29, 0.717) is 28.7 Å². The van der Waals surface area contributed by atoms with E-state index in [-0.39, 0.29) is 0 Å². The lowest BCUT2D eigenvalue weighted by Crippen LogP contribution is -1.98.